The van der Waals surface area contributed by atoms with Gasteiger partial charge in [0, 0.05) is 11.6 Å². The molecule has 2 aromatic carbocycles. The molecule has 0 saturated heterocycles. The van der Waals surface area contributed by atoms with E-state index in [1.165, 1.54) is 25.3 Å². The molecule has 0 unspecified atom stereocenters. The van der Waals surface area contributed by atoms with Crippen LogP contribution < -0.4 is 9.47 Å². The molecule has 110 valence electrons. The van der Waals surface area contributed by atoms with Crippen LogP contribution in [0.25, 0.3) is 0 Å². The third kappa shape index (κ3) is 3.72. The van der Waals surface area contributed by atoms with Gasteiger partial charge in [0.05, 0.1) is 17.1 Å². The van der Waals surface area contributed by atoms with Gasteiger partial charge in [-0.1, -0.05) is 0 Å². The van der Waals surface area contributed by atoms with Crippen LogP contribution in [0.1, 0.15) is 15.9 Å². The van der Waals surface area contributed by atoms with Crippen LogP contribution in [-0.4, -0.2) is 18.2 Å². The Morgan fingerprint density at radius 3 is 2.67 bits per heavy atom. The van der Waals surface area contributed by atoms with E-state index in [0.717, 1.165) is 0 Å². The molecule has 0 aliphatic heterocycles. The van der Waals surface area contributed by atoms with E-state index in [2.05, 4.69) is 15.9 Å². The quantitative estimate of drug-likeness (QED) is 0.885. The van der Waals surface area contributed by atoms with Crippen molar-refractivity contribution in [2.24, 2.45) is 0 Å². The van der Waals surface area contributed by atoms with Crippen LogP contribution in [0.4, 0.5) is 4.39 Å². The van der Waals surface area contributed by atoms with Crippen molar-refractivity contribution in [3.8, 4) is 11.5 Å². The number of ether oxygens (including phenoxy) is 2. The fraction of sp³-hybridized carbons (Fsp3) is 0.133. The van der Waals surface area contributed by atoms with E-state index >= 15 is 0 Å². The number of methoxy groups -OCH3 is 1. The number of carboxylic acids is 1. The Labute approximate surface area is 129 Å². The van der Waals surface area contributed by atoms with Gasteiger partial charge < -0.3 is 14.6 Å². The third-order valence-corrected chi connectivity index (χ3v) is 3.48. The molecule has 4 nitrogen and oxygen atoms in total. The first-order valence-electron chi connectivity index (χ1n) is 5.99. The molecule has 0 saturated carbocycles. The zero-order valence-electron chi connectivity index (χ0n) is 11.1. The fourth-order valence-corrected chi connectivity index (χ4v) is 2.04. The minimum atomic E-state index is -1.05. The van der Waals surface area contributed by atoms with E-state index in [0.29, 0.717) is 21.5 Å². The van der Waals surface area contributed by atoms with Crippen molar-refractivity contribution in [2.45, 2.75) is 6.61 Å². The number of benzene rings is 2. The Bertz CT molecular complexity index is 673. The Morgan fingerprint density at radius 1 is 1.29 bits per heavy atom. The summed E-state index contributed by atoms with van der Waals surface area (Å²) in [6.07, 6.45) is 0. The summed E-state index contributed by atoms with van der Waals surface area (Å²) in [5.74, 6) is -0.738. The second kappa shape index (κ2) is 6.58. The topological polar surface area (TPSA) is 55.8 Å². The smallest absolute Gasteiger partial charge is 0.335 e. The maximum absolute atomic E-state index is 13.8. The van der Waals surface area contributed by atoms with Crippen LogP contribution in [0, 0.1) is 5.82 Å². The minimum Gasteiger partial charge on any atom is -0.497 e. The standard InChI is InChI=1S/C15H12BrFO4/c1-20-11-4-2-10(13(17)7-11)8-21-14-6-9(15(18)19)3-5-12(14)16/h2-7H,8H2,1H3,(H,18,19). The molecule has 2 rings (SSSR count). The highest BCUT2D eigenvalue weighted by Crippen LogP contribution is 2.27. The highest BCUT2D eigenvalue weighted by molar-refractivity contribution is 9.10. The number of rotatable bonds is 5. The van der Waals surface area contributed by atoms with E-state index in [1.807, 2.05) is 0 Å². The van der Waals surface area contributed by atoms with Gasteiger partial charge in [0.1, 0.15) is 23.9 Å². The number of carboxylic acid groups (broad SMARTS) is 1. The number of aromatic carboxylic acids is 1. The number of halogens is 2. The first-order chi connectivity index (χ1) is 10.0. The fourth-order valence-electron chi connectivity index (χ4n) is 1.67. The van der Waals surface area contributed by atoms with Crippen molar-refractivity contribution in [2.75, 3.05) is 7.11 Å². The van der Waals surface area contributed by atoms with E-state index in [-0.39, 0.29) is 12.2 Å². The van der Waals surface area contributed by atoms with Gasteiger partial charge in [-0.25, -0.2) is 9.18 Å². The molecule has 0 atom stereocenters. The lowest BCUT2D eigenvalue weighted by Gasteiger charge is -2.10. The van der Waals surface area contributed by atoms with E-state index in [4.69, 9.17) is 14.6 Å². The largest absolute Gasteiger partial charge is 0.497 e. The maximum Gasteiger partial charge on any atom is 0.335 e. The Kier molecular flexibility index (Phi) is 4.80. The SMILES string of the molecule is COc1ccc(COc2cc(C(=O)O)ccc2Br)c(F)c1. The van der Waals surface area contributed by atoms with Gasteiger partial charge in [-0.15, -0.1) is 0 Å². The van der Waals surface area contributed by atoms with Gasteiger partial charge in [0.15, 0.2) is 0 Å². The van der Waals surface area contributed by atoms with Crippen molar-refractivity contribution in [3.63, 3.8) is 0 Å². The maximum atomic E-state index is 13.8. The summed E-state index contributed by atoms with van der Waals surface area (Å²) in [5.41, 5.74) is 0.451. The Morgan fingerprint density at radius 2 is 2.05 bits per heavy atom. The summed E-state index contributed by atoms with van der Waals surface area (Å²) in [4.78, 5) is 10.9. The van der Waals surface area contributed by atoms with Gasteiger partial charge >= 0.3 is 5.97 Å². The molecule has 1 N–H and O–H groups in total. The van der Waals surface area contributed by atoms with Crippen molar-refractivity contribution in [3.05, 3.63) is 57.8 Å². The second-order valence-corrected chi connectivity index (χ2v) is 5.05. The average Bonchev–Trinajstić information content (AvgIpc) is 2.47. The van der Waals surface area contributed by atoms with Crippen molar-refractivity contribution in [1.29, 1.82) is 0 Å². The minimum absolute atomic E-state index is 0.0164. The highest BCUT2D eigenvalue weighted by Gasteiger charge is 2.10. The van der Waals surface area contributed by atoms with E-state index < -0.39 is 11.8 Å². The monoisotopic (exact) mass is 354 g/mol. The predicted molar refractivity (Wildman–Crippen MR) is 78.4 cm³/mol. The van der Waals surface area contributed by atoms with E-state index in [1.54, 1.807) is 18.2 Å². The molecular formula is C15H12BrFO4. The Hall–Kier alpha value is -2.08. The zero-order valence-corrected chi connectivity index (χ0v) is 12.7. The normalized spacial score (nSPS) is 10.2. The molecule has 0 aromatic heterocycles. The van der Waals surface area contributed by atoms with Crippen molar-refractivity contribution < 1.29 is 23.8 Å². The molecule has 0 amide bonds. The molecule has 21 heavy (non-hydrogen) atoms. The summed E-state index contributed by atoms with van der Waals surface area (Å²) in [6.45, 7) is -0.0164. The molecular weight excluding hydrogens is 343 g/mol. The molecule has 0 spiro atoms. The van der Waals surface area contributed by atoms with Gasteiger partial charge in [-0.3, -0.25) is 0 Å². The first-order valence-corrected chi connectivity index (χ1v) is 6.78. The summed E-state index contributed by atoms with van der Waals surface area (Å²) in [6, 6.07) is 8.86. The lowest BCUT2D eigenvalue weighted by molar-refractivity contribution is 0.0696. The van der Waals surface area contributed by atoms with Gasteiger partial charge in [0.25, 0.3) is 0 Å². The van der Waals surface area contributed by atoms with Gasteiger partial charge in [-0.05, 0) is 46.3 Å². The molecule has 0 aliphatic carbocycles. The van der Waals surface area contributed by atoms with Gasteiger partial charge in [0.2, 0.25) is 0 Å². The summed E-state index contributed by atoms with van der Waals surface area (Å²) in [7, 11) is 1.46. The summed E-state index contributed by atoms with van der Waals surface area (Å²) in [5, 5.41) is 8.94. The summed E-state index contributed by atoms with van der Waals surface area (Å²) < 4.78 is 24.8. The van der Waals surface area contributed by atoms with Gasteiger partial charge in [-0.2, -0.15) is 0 Å². The first kappa shape index (κ1) is 15.3. The number of hydrogen-bond acceptors (Lipinski definition) is 3. The molecule has 0 heterocycles. The predicted octanol–water partition coefficient (Wildman–Crippen LogP) is 3.87. The van der Waals surface area contributed by atoms with E-state index in [9.17, 15) is 9.18 Å². The molecule has 0 radical (unpaired) electrons. The molecule has 0 bridgehead atoms. The van der Waals surface area contributed by atoms with Crippen molar-refractivity contribution >= 4 is 21.9 Å². The van der Waals surface area contributed by atoms with Crippen LogP contribution in [0.15, 0.2) is 40.9 Å². The summed E-state index contributed by atoms with van der Waals surface area (Å²) >= 11 is 3.26. The van der Waals surface area contributed by atoms with Crippen molar-refractivity contribution in [1.82, 2.24) is 0 Å². The molecule has 2 aromatic rings. The van der Waals surface area contributed by atoms with Crippen LogP contribution in [-0.2, 0) is 6.61 Å². The lowest BCUT2D eigenvalue weighted by atomic mass is 10.2. The third-order valence-electron chi connectivity index (χ3n) is 2.82. The second-order valence-electron chi connectivity index (χ2n) is 4.20. The molecule has 6 heteroatoms. The Balaban J connectivity index is 2.16. The molecule has 0 aliphatic rings. The molecule has 0 fully saturated rings. The highest BCUT2D eigenvalue weighted by atomic mass is 79.9. The zero-order chi connectivity index (χ0) is 15.4. The van der Waals surface area contributed by atoms with Crippen LogP contribution in [0.2, 0.25) is 0 Å². The average molecular weight is 355 g/mol. The number of hydrogen-bond donors (Lipinski definition) is 1. The number of carbonyl (C=O) groups is 1. The van der Waals surface area contributed by atoms with Crippen LogP contribution in [0.3, 0.4) is 0 Å². The van der Waals surface area contributed by atoms with Crippen LogP contribution in [0.5, 0.6) is 11.5 Å². The van der Waals surface area contributed by atoms with Crippen LogP contribution >= 0.6 is 15.9 Å². The lowest BCUT2D eigenvalue weighted by Crippen LogP contribution is -2.02.